The van der Waals surface area contributed by atoms with Crippen LogP contribution in [0.25, 0.3) is 10.9 Å². The molecule has 0 spiro atoms. The van der Waals surface area contributed by atoms with Gasteiger partial charge in [-0.3, -0.25) is 9.36 Å². The zero-order valence-electron chi connectivity index (χ0n) is 16.2. The summed E-state index contributed by atoms with van der Waals surface area (Å²) in [5.74, 6) is 2.75. The van der Waals surface area contributed by atoms with Crippen molar-refractivity contribution in [3.63, 3.8) is 0 Å². The van der Waals surface area contributed by atoms with Crippen LogP contribution in [0.15, 0.2) is 52.4 Å². The molecule has 0 atom stereocenters. The molecule has 1 saturated carbocycles. The number of benzene rings is 1. The molecule has 6 nitrogen and oxygen atoms in total. The van der Waals surface area contributed by atoms with Crippen LogP contribution in [-0.2, 0) is 13.0 Å². The van der Waals surface area contributed by atoms with E-state index in [2.05, 4.69) is 32.7 Å². The van der Waals surface area contributed by atoms with E-state index >= 15 is 0 Å². The molecule has 0 unspecified atom stereocenters. The third-order valence-corrected chi connectivity index (χ3v) is 6.36. The summed E-state index contributed by atoms with van der Waals surface area (Å²) < 4.78 is 7.61. The first-order valence-corrected chi connectivity index (χ1v) is 10.9. The van der Waals surface area contributed by atoms with Gasteiger partial charge in [-0.15, -0.1) is 10.2 Å². The summed E-state index contributed by atoms with van der Waals surface area (Å²) in [5, 5.41) is 10.5. The van der Waals surface area contributed by atoms with E-state index in [0.29, 0.717) is 18.2 Å². The average molecular weight is 407 g/mol. The van der Waals surface area contributed by atoms with E-state index in [1.165, 1.54) is 17.3 Å². The SMILES string of the molecule is CCc1cccc2c(C(=O)CSc3nnc(C4CC4)n3Cc3ccco3)c[nH]c12. The molecule has 1 fully saturated rings. The lowest BCUT2D eigenvalue weighted by molar-refractivity contribution is 0.102. The van der Waals surface area contributed by atoms with E-state index in [9.17, 15) is 4.79 Å². The molecule has 1 aliphatic rings. The first-order valence-electron chi connectivity index (χ1n) is 9.95. The fourth-order valence-corrected chi connectivity index (χ4v) is 4.54. The summed E-state index contributed by atoms with van der Waals surface area (Å²) in [7, 11) is 0. The maximum absolute atomic E-state index is 13.0. The largest absolute Gasteiger partial charge is 0.467 e. The minimum absolute atomic E-state index is 0.0926. The molecule has 1 N–H and O–H groups in total. The van der Waals surface area contributed by atoms with Gasteiger partial charge in [0.15, 0.2) is 10.9 Å². The molecule has 3 heterocycles. The number of furan rings is 1. The molecule has 1 aliphatic carbocycles. The van der Waals surface area contributed by atoms with Crippen molar-refractivity contribution in [1.82, 2.24) is 19.7 Å². The van der Waals surface area contributed by atoms with Gasteiger partial charge in [-0.25, -0.2) is 0 Å². The highest BCUT2D eigenvalue weighted by Gasteiger charge is 2.31. The number of rotatable bonds is 8. The molecule has 0 radical (unpaired) electrons. The number of aryl methyl sites for hydroxylation is 1. The molecule has 7 heteroatoms. The fourth-order valence-electron chi connectivity index (χ4n) is 3.71. The first kappa shape index (κ1) is 18.2. The number of Topliss-reactive ketones (excluding diaryl/α,β-unsaturated/α-hetero) is 1. The second kappa shape index (κ2) is 7.55. The molecule has 1 aromatic carbocycles. The van der Waals surface area contributed by atoms with Gasteiger partial charge in [0.05, 0.1) is 18.6 Å². The van der Waals surface area contributed by atoms with Gasteiger partial charge in [-0.05, 0) is 37.0 Å². The number of hydrogen-bond acceptors (Lipinski definition) is 5. The highest BCUT2D eigenvalue weighted by atomic mass is 32.2. The van der Waals surface area contributed by atoms with Gasteiger partial charge in [0.1, 0.15) is 11.6 Å². The number of thioether (sulfide) groups is 1. The number of para-hydroxylation sites is 1. The minimum Gasteiger partial charge on any atom is -0.467 e. The smallest absolute Gasteiger partial charge is 0.192 e. The summed E-state index contributed by atoms with van der Waals surface area (Å²) in [4.78, 5) is 16.2. The zero-order valence-corrected chi connectivity index (χ0v) is 17.0. The Balaban J connectivity index is 1.37. The van der Waals surface area contributed by atoms with Crippen LogP contribution in [0.4, 0.5) is 0 Å². The summed E-state index contributed by atoms with van der Waals surface area (Å²) in [6, 6.07) is 9.95. The van der Waals surface area contributed by atoms with Crippen LogP contribution in [0.5, 0.6) is 0 Å². The van der Waals surface area contributed by atoms with Gasteiger partial charge in [0.2, 0.25) is 0 Å². The van der Waals surface area contributed by atoms with E-state index in [1.54, 1.807) is 6.26 Å². The Morgan fingerprint density at radius 3 is 2.93 bits per heavy atom. The lowest BCUT2D eigenvalue weighted by Crippen LogP contribution is -2.07. The third-order valence-electron chi connectivity index (χ3n) is 5.40. The second-order valence-electron chi connectivity index (χ2n) is 7.39. The van der Waals surface area contributed by atoms with Crippen LogP contribution in [-0.4, -0.2) is 31.3 Å². The monoisotopic (exact) mass is 406 g/mol. The van der Waals surface area contributed by atoms with Crippen LogP contribution in [0, 0.1) is 0 Å². The molecule has 29 heavy (non-hydrogen) atoms. The molecule has 4 aromatic rings. The lowest BCUT2D eigenvalue weighted by atomic mass is 10.1. The molecule has 5 rings (SSSR count). The van der Waals surface area contributed by atoms with Gasteiger partial charge in [-0.2, -0.15) is 0 Å². The van der Waals surface area contributed by atoms with Gasteiger partial charge in [-0.1, -0.05) is 36.9 Å². The van der Waals surface area contributed by atoms with Crippen molar-refractivity contribution in [3.05, 3.63) is 65.5 Å². The number of aromatic nitrogens is 4. The van der Waals surface area contributed by atoms with Gasteiger partial charge < -0.3 is 9.40 Å². The molecular formula is C22H22N4O2S. The summed E-state index contributed by atoms with van der Waals surface area (Å²) >= 11 is 1.44. The lowest BCUT2D eigenvalue weighted by Gasteiger charge is -2.08. The Bertz CT molecular complexity index is 1160. The standard InChI is InChI=1S/C22H22N4O2S/c1-2-14-5-3-7-17-18(11-23-20(14)17)19(27)13-29-22-25-24-21(15-8-9-15)26(22)12-16-6-4-10-28-16/h3-7,10-11,15,23H,2,8-9,12-13H2,1H3. The van der Waals surface area contributed by atoms with Crippen molar-refractivity contribution in [2.24, 2.45) is 0 Å². The van der Waals surface area contributed by atoms with E-state index in [0.717, 1.165) is 52.5 Å². The molecule has 0 aliphatic heterocycles. The first-order chi connectivity index (χ1) is 14.2. The van der Waals surface area contributed by atoms with Crippen molar-refractivity contribution in [2.45, 2.75) is 43.8 Å². The van der Waals surface area contributed by atoms with Crippen LogP contribution < -0.4 is 0 Å². The predicted molar refractivity (Wildman–Crippen MR) is 113 cm³/mol. The quantitative estimate of drug-likeness (QED) is 0.335. The van der Waals surface area contributed by atoms with Crippen molar-refractivity contribution in [3.8, 4) is 0 Å². The number of H-pyrrole nitrogens is 1. The maximum atomic E-state index is 13.0. The van der Waals surface area contributed by atoms with Crippen molar-refractivity contribution in [2.75, 3.05) is 5.75 Å². The Hall–Kier alpha value is -2.80. The van der Waals surface area contributed by atoms with Gasteiger partial charge in [0.25, 0.3) is 0 Å². The van der Waals surface area contributed by atoms with Crippen LogP contribution in [0.3, 0.4) is 0 Å². The van der Waals surface area contributed by atoms with Gasteiger partial charge in [0, 0.05) is 28.6 Å². The number of hydrogen-bond donors (Lipinski definition) is 1. The van der Waals surface area contributed by atoms with E-state index in [4.69, 9.17) is 4.42 Å². The van der Waals surface area contributed by atoms with Crippen LogP contribution in [0.2, 0.25) is 0 Å². The summed E-state index contributed by atoms with van der Waals surface area (Å²) in [5.41, 5.74) is 3.02. The number of aromatic amines is 1. The van der Waals surface area contributed by atoms with Crippen LogP contribution in [0.1, 0.15) is 53.2 Å². The predicted octanol–water partition coefficient (Wildman–Crippen LogP) is 4.82. The molecule has 148 valence electrons. The maximum Gasteiger partial charge on any atom is 0.192 e. The number of ketones is 1. The van der Waals surface area contributed by atoms with Crippen molar-refractivity contribution < 1.29 is 9.21 Å². The fraction of sp³-hybridized carbons (Fsp3) is 0.318. The van der Waals surface area contributed by atoms with E-state index < -0.39 is 0 Å². The average Bonchev–Trinajstić information content (AvgIpc) is 3.14. The molecule has 0 amide bonds. The van der Waals surface area contributed by atoms with Gasteiger partial charge >= 0.3 is 0 Å². The minimum atomic E-state index is 0.0926. The number of carbonyl (C=O) groups is 1. The van der Waals surface area contributed by atoms with E-state index in [-0.39, 0.29) is 5.78 Å². The Morgan fingerprint density at radius 1 is 1.28 bits per heavy atom. The Kier molecular flexibility index (Phi) is 4.75. The summed E-state index contributed by atoms with van der Waals surface area (Å²) in [6.45, 7) is 2.71. The zero-order chi connectivity index (χ0) is 19.8. The number of nitrogens with zero attached hydrogens (tertiary/aromatic N) is 3. The normalized spacial score (nSPS) is 14.0. The number of carbonyl (C=O) groups excluding carboxylic acids is 1. The number of fused-ring (bicyclic) bond motifs is 1. The van der Waals surface area contributed by atoms with Crippen LogP contribution >= 0.6 is 11.8 Å². The third kappa shape index (κ3) is 3.51. The molecule has 3 aromatic heterocycles. The van der Waals surface area contributed by atoms with Crippen molar-refractivity contribution in [1.29, 1.82) is 0 Å². The summed E-state index contributed by atoms with van der Waals surface area (Å²) in [6.07, 6.45) is 6.73. The Labute approximate surface area is 172 Å². The van der Waals surface area contributed by atoms with E-state index in [1.807, 2.05) is 30.5 Å². The highest BCUT2D eigenvalue weighted by Crippen LogP contribution is 2.40. The molecular weight excluding hydrogens is 384 g/mol. The molecule has 0 saturated heterocycles. The van der Waals surface area contributed by atoms with Crippen molar-refractivity contribution >= 4 is 28.4 Å². The topological polar surface area (TPSA) is 76.7 Å². The second-order valence-corrected chi connectivity index (χ2v) is 8.33. The Morgan fingerprint density at radius 2 is 2.17 bits per heavy atom. The highest BCUT2D eigenvalue weighted by molar-refractivity contribution is 7.99. The number of nitrogens with one attached hydrogen (secondary N) is 1. The molecule has 0 bridgehead atoms.